The van der Waals surface area contributed by atoms with E-state index in [-0.39, 0.29) is 6.03 Å². The van der Waals surface area contributed by atoms with Crippen molar-refractivity contribution < 1.29 is 14.3 Å². The van der Waals surface area contributed by atoms with Gasteiger partial charge in [0.25, 0.3) is 0 Å². The molecule has 0 heterocycles. The second kappa shape index (κ2) is 10.2. The van der Waals surface area contributed by atoms with Crippen molar-refractivity contribution in [2.75, 3.05) is 20.3 Å². The largest absolute Gasteiger partial charge is 0.496 e. The van der Waals surface area contributed by atoms with E-state index in [9.17, 15) is 4.79 Å². The fraction of sp³-hybridized carbons (Fsp3) is 0.278. The van der Waals surface area contributed by atoms with Gasteiger partial charge in [0.05, 0.1) is 18.7 Å². The molecule has 0 radical (unpaired) electrons. The van der Waals surface area contributed by atoms with E-state index in [0.29, 0.717) is 36.9 Å². The summed E-state index contributed by atoms with van der Waals surface area (Å²) in [6.45, 7) is 1.38. The van der Waals surface area contributed by atoms with Crippen molar-refractivity contribution >= 4 is 33.6 Å². The van der Waals surface area contributed by atoms with Gasteiger partial charge in [-0.2, -0.15) is 0 Å². The molecule has 0 unspecified atom stereocenters. The molecule has 0 fully saturated rings. The van der Waals surface area contributed by atoms with E-state index in [1.807, 2.05) is 30.3 Å². The lowest BCUT2D eigenvalue weighted by molar-refractivity contribution is 0.238. The molecule has 2 amide bonds. The minimum Gasteiger partial charge on any atom is -0.496 e. The van der Waals surface area contributed by atoms with Gasteiger partial charge in [0.1, 0.15) is 11.5 Å². The molecule has 0 aromatic heterocycles. The Morgan fingerprint density at radius 1 is 1.16 bits per heavy atom. The van der Waals surface area contributed by atoms with Gasteiger partial charge < -0.3 is 20.1 Å². The molecule has 0 saturated heterocycles. The zero-order valence-electron chi connectivity index (χ0n) is 13.9. The Morgan fingerprint density at radius 3 is 2.72 bits per heavy atom. The number of nitrogens with one attached hydrogen (secondary N) is 2. The van der Waals surface area contributed by atoms with E-state index in [4.69, 9.17) is 21.1 Å². The van der Waals surface area contributed by atoms with E-state index in [1.54, 1.807) is 19.2 Å². The van der Waals surface area contributed by atoms with E-state index in [1.165, 1.54) is 0 Å². The predicted octanol–water partition coefficient (Wildman–Crippen LogP) is 4.38. The van der Waals surface area contributed by atoms with Gasteiger partial charge in [0.2, 0.25) is 0 Å². The van der Waals surface area contributed by atoms with Crippen molar-refractivity contribution in [2.24, 2.45) is 0 Å². The van der Waals surface area contributed by atoms with Gasteiger partial charge in [-0.1, -0.05) is 45.7 Å². The number of para-hydroxylation sites is 1. The van der Waals surface area contributed by atoms with Crippen LogP contribution >= 0.6 is 27.5 Å². The molecule has 0 aliphatic carbocycles. The molecule has 0 atom stereocenters. The summed E-state index contributed by atoms with van der Waals surface area (Å²) in [5, 5.41) is 6.14. The Balaban J connectivity index is 1.64. The van der Waals surface area contributed by atoms with Crippen molar-refractivity contribution in [3.63, 3.8) is 0 Å². The highest BCUT2D eigenvalue weighted by Gasteiger charge is 2.05. The van der Waals surface area contributed by atoms with Crippen LogP contribution in [-0.2, 0) is 6.54 Å². The van der Waals surface area contributed by atoms with Gasteiger partial charge in [-0.15, -0.1) is 0 Å². The third-order valence-electron chi connectivity index (χ3n) is 3.39. The average Bonchev–Trinajstić information content (AvgIpc) is 2.61. The van der Waals surface area contributed by atoms with Crippen LogP contribution in [0.25, 0.3) is 0 Å². The molecule has 0 aliphatic rings. The van der Waals surface area contributed by atoms with Crippen LogP contribution in [0.15, 0.2) is 46.9 Å². The number of hydrogen-bond acceptors (Lipinski definition) is 3. The first kappa shape index (κ1) is 19.4. The molecule has 25 heavy (non-hydrogen) atoms. The number of carbonyl (C=O) groups is 1. The van der Waals surface area contributed by atoms with E-state index >= 15 is 0 Å². The van der Waals surface area contributed by atoms with Crippen LogP contribution in [0.1, 0.15) is 12.0 Å². The molecule has 0 saturated carbocycles. The van der Waals surface area contributed by atoms with Crippen molar-refractivity contribution in [1.82, 2.24) is 10.6 Å². The number of amides is 2. The molecular weight excluding hydrogens is 408 g/mol. The number of rotatable bonds is 8. The number of halogens is 2. The highest BCUT2D eigenvalue weighted by Crippen LogP contribution is 2.27. The molecule has 0 bridgehead atoms. The summed E-state index contributed by atoms with van der Waals surface area (Å²) in [4.78, 5) is 11.8. The van der Waals surface area contributed by atoms with Crippen LogP contribution in [0.4, 0.5) is 4.79 Å². The van der Waals surface area contributed by atoms with Crippen molar-refractivity contribution in [1.29, 1.82) is 0 Å². The lowest BCUT2D eigenvalue weighted by atomic mass is 10.2. The smallest absolute Gasteiger partial charge is 0.315 e. The number of hydrogen-bond donors (Lipinski definition) is 2. The summed E-state index contributed by atoms with van der Waals surface area (Å²) >= 11 is 9.42. The molecule has 0 aliphatic heterocycles. The van der Waals surface area contributed by atoms with Gasteiger partial charge in [-0.25, -0.2) is 4.79 Å². The maximum atomic E-state index is 11.8. The zero-order chi connectivity index (χ0) is 18.1. The van der Waals surface area contributed by atoms with E-state index in [0.717, 1.165) is 15.8 Å². The molecule has 5 nitrogen and oxygen atoms in total. The fourth-order valence-corrected chi connectivity index (χ4v) is 2.86. The second-order valence-electron chi connectivity index (χ2n) is 5.20. The van der Waals surface area contributed by atoms with Crippen molar-refractivity contribution in [3.05, 3.63) is 57.5 Å². The number of methoxy groups -OCH3 is 1. The normalized spacial score (nSPS) is 10.2. The third-order valence-corrected chi connectivity index (χ3v) is 4.18. The molecular formula is C18H20BrClN2O3. The van der Waals surface area contributed by atoms with Crippen LogP contribution in [0.3, 0.4) is 0 Å². The molecule has 2 aromatic carbocycles. The number of benzene rings is 2. The Bertz CT molecular complexity index is 712. The van der Waals surface area contributed by atoms with Crippen molar-refractivity contribution in [2.45, 2.75) is 13.0 Å². The van der Waals surface area contributed by atoms with Crippen LogP contribution < -0.4 is 20.1 Å². The third kappa shape index (κ3) is 6.48. The number of urea groups is 1. The number of carbonyl (C=O) groups excluding carboxylic acids is 1. The SMILES string of the molecule is COc1ccccc1CNC(=O)NCCCOc1ccc(Br)cc1Cl. The summed E-state index contributed by atoms with van der Waals surface area (Å²) < 4.78 is 11.7. The van der Waals surface area contributed by atoms with Crippen LogP contribution in [0.2, 0.25) is 5.02 Å². The van der Waals surface area contributed by atoms with Gasteiger partial charge in [0, 0.05) is 23.1 Å². The molecule has 2 rings (SSSR count). The topological polar surface area (TPSA) is 59.6 Å². The summed E-state index contributed by atoms with van der Waals surface area (Å²) in [7, 11) is 1.61. The van der Waals surface area contributed by atoms with Crippen LogP contribution in [-0.4, -0.2) is 26.3 Å². The minimum atomic E-state index is -0.229. The maximum absolute atomic E-state index is 11.8. The Morgan fingerprint density at radius 2 is 1.96 bits per heavy atom. The first-order valence-corrected chi connectivity index (χ1v) is 8.98. The van der Waals surface area contributed by atoms with E-state index < -0.39 is 0 Å². The Hall–Kier alpha value is -1.92. The molecule has 134 valence electrons. The summed E-state index contributed by atoms with van der Waals surface area (Å²) in [5.41, 5.74) is 0.924. The molecule has 2 N–H and O–H groups in total. The van der Waals surface area contributed by atoms with Gasteiger partial charge in [0.15, 0.2) is 0 Å². The predicted molar refractivity (Wildman–Crippen MR) is 102 cm³/mol. The maximum Gasteiger partial charge on any atom is 0.315 e. The highest BCUT2D eigenvalue weighted by atomic mass is 79.9. The quantitative estimate of drug-likeness (QED) is 0.615. The zero-order valence-corrected chi connectivity index (χ0v) is 16.2. The van der Waals surface area contributed by atoms with Crippen molar-refractivity contribution in [3.8, 4) is 11.5 Å². The standard InChI is InChI=1S/C18H20BrClN2O3/c1-24-16-6-3-2-5-13(16)12-22-18(23)21-9-4-10-25-17-8-7-14(19)11-15(17)20/h2-3,5-8,11H,4,9-10,12H2,1H3,(H2,21,22,23). The first-order valence-electron chi connectivity index (χ1n) is 7.81. The van der Waals surface area contributed by atoms with Crippen LogP contribution in [0.5, 0.6) is 11.5 Å². The lowest BCUT2D eigenvalue weighted by Gasteiger charge is -2.11. The molecule has 0 spiro atoms. The van der Waals surface area contributed by atoms with Crippen LogP contribution in [0, 0.1) is 0 Å². The fourth-order valence-electron chi connectivity index (χ4n) is 2.14. The first-order chi connectivity index (χ1) is 12.1. The minimum absolute atomic E-state index is 0.229. The highest BCUT2D eigenvalue weighted by molar-refractivity contribution is 9.10. The number of ether oxygens (including phenoxy) is 2. The Kier molecular flexibility index (Phi) is 7.88. The summed E-state index contributed by atoms with van der Waals surface area (Å²) in [6, 6.07) is 12.8. The van der Waals surface area contributed by atoms with Gasteiger partial charge in [-0.3, -0.25) is 0 Å². The second-order valence-corrected chi connectivity index (χ2v) is 6.52. The summed E-state index contributed by atoms with van der Waals surface area (Å²) in [5.74, 6) is 1.38. The Labute approximate surface area is 160 Å². The van der Waals surface area contributed by atoms with Gasteiger partial charge >= 0.3 is 6.03 Å². The van der Waals surface area contributed by atoms with E-state index in [2.05, 4.69) is 26.6 Å². The monoisotopic (exact) mass is 426 g/mol. The molecule has 2 aromatic rings. The summed E-state index contributed by atoms with van der Waals surface area (Å²) in [6.07, 6.45) is 0.675. The average molecular weight is 428 g/mol. The van der Waals surface area contributed by atoms with Gasteiger partial charge in [-0.05, 0) is 30.7 Å². The lowest BCUT2D eigenvalue weighted by Crippen LogP contribution is -2.36. The molecule has 7 heteroatoms.